The first-order valence-electron chi connectivity index (χ1n) is 7.65. The van der Waals surface area contributed by atoms with Gasteiger partial charge in [0.25, 0.3) is 0 Å². The lowest BCUT2D eigenvalue weighted by atomic mass is 9.95. The van der Waals surface area contributed by atoms with Gasteiger partial charge in [0.15, 0.2) is 0 Å². The van der Waals surface area contributed by atoms with Crippen LogP contribution in [0.2, 0.25) is 0 Å². The number of thiazole rings is 1. The third-order valence-corrected chi connectivity index (χ3v) is 6.90. The molecule has 1 aliphatic carbocycles. The molecule has 1 fully saturated rings. The first-order valence-corrected chi connectivity index (χ1v) is 9.62. The average Bonchev–Trinajstić information content (AvgIpc) is 2.93. The fourth-order valence-corrected chi connectivity index (χ4v) is 5.79. The minimum atomic E-state index is 0.101. The van der Waals surface area contributed by atoms with Gasteiger partial charge in [0, 0.05) is 24.3 Å². The number of nitrogens with zero attached hydrogens (tertiary/aromatic N) is 1. The van der Waals surface area contributed by atoms with Gasteiger partial charge >= 0.3 is 0 Å². The third kappa shape index (κ3) is 3.06. The number of hydrogen-bond donors (Lipinski definition) is 1. The number of thioether (sulfide) groups is 1. The van der Waals surface area contributed by atoms with Crippen LogP contribution in [-0.2, 0) is 23.1 Å². The van der Waals surface area contributed by atoms with E-state index in [1.54, 1.807) is 12.0 Å². The van der Waals surface area contributed by atoms with E-state index in [1.807, 2.05) is 11.3 Å². The number of aryl methyl sites for hydroxylation is 2. The minimum Gasteiger partial charge on any atom is -0.383 e. The Morgan fingerprint density at radius 1 is 1.30 bits per heavy atom. The van der Waals surface area contributed by atoms with E-state index >= 15 is 0 Å². The Morgan fingerprint density at radius 2 is 2.20 bits per heavy atom. The molecule has 2 aliphatic rings. The second-order valence-electron chi connectivity index (χ2n) is 5.75. The summed E-state index contributed by atoms with van der Waals surface area (Å²) in [6, 6.07) is 0. The van der Waals surface area contributed by atoms with Gasteiger partial charge in [-0.15, -0.1) is 11.3 Å². The fraction of sp³-hybridized carbons (Fsp3) is 0.800. The van der Waals surface area contributed by atoms with E-state index in [-0.39, 0.29) is 5.54 Å². The number of ether oxygens (including phenoxy) is 1. The van der Waals surface area contributed by atoms with Gasteiger partial charge in [0.1, 0.15) is 5.01 Å². The van der Waals surface area contributed by atoms with Crippen LogP contribution >= 0.6 is 23.1 Å². The van der Waals surface area contributed by atoms with Crippen molar-refractivity contribution in [2.75, 3.05) is 31.8 Å². The minimum absolute atomic E-state index is 0.101. The lowest BCUT2D eigenvalue weighted by molar-refractivity contribution is 0.184. The van der Waals surface area contributed by atoms with Crippen molar-refractivity contribution in [2.24, 2.45) is 0 Å². The molecule has 2 heterocycles. The molecule has 0 radical (unpaired) electrons. The predicted molar refractivity (Wildman–Crippen MR) is 86.9 cm³/mol. The summed E-state index contributed by atoms with van der Waals surface area (Å²) in [7, 11) is 1.77. The lowest BCUT2D eigenvalue weighted by Gasteiger charge is -2.36. The number of rotatable bonds is 5. The number of aromatic nitrogens is 1. The summed E-state index contributed by atoms with van der Waals surface area (Å²) >= 11 is 4.03. The van der Waals surface area contributed by atoms with Crippen LogP contribution in [0.1, 0.15) is 41.3 Å². The molecule has 1 aromatic rings. The summed E-state index contributed by atoms with van der Waals surface area (Å²) in [6.07, 6.45) is 7.59. The molecule has 3 nitrogen and oxygen atoms in total. The molecular weight excluding hydrogens is 288 g/mol. The lowest BCUT2D eigenvalue weighted by Crippen LogP contribution is -2.47. The average molecular weight is 313 g/mol. The zero-order chi connectivity index (χ0) is 13.8. The highest BCUT2D eigenvalue weighted by atomic mass is 32.2. The maximum Gasteiger partial charge on any atom is 0.114 e. The van der Waals surface area contributed by atoms with Crippen molar-refractivity contribution < 1.29 is 4.74 Å². The first-order chi connectivity index (χ1) is 9.84. The number of fused-ring (bicyclic) bond motifs is 1. The molecule has 1 atom stereocenters. The van der Waals surface area contributed by atoms with Crippen LogP contribution in [-0.4, -0.2) is 36.8 Å². The van der Waals surface area contributed by atoms with Gasteiger partial charge < -0.3 is 10.1 Å². The normalized spacial score (nSPS) is 26.4. The van der Waals surface area contributed by atoms with Crippen LogP contribution in [0.15, 0.2) is 0 Å². The molecule has 1 aromatic heterocycles. The predicted octanol–water partition coefficient (Wildman–Crippen LogP) is 2.98. The number of nitrogens with one attached hydrogen (secondary N) is 1. The van der Waals surface area contributed by atoms with E-state index in [9.17, 15) is 0 Å². The quantitative estimate of drug-likeness (QED) is 0.848. The van der Waals surface area contributed by atoms with Crippen LogP contribution < -0.4 is 5.32 Å². The molecule has 0 saturated carbocycles. The Bertz CT molecular complexity index is 418. The summed E-state index contributed by atoms with van der Waals surface area (Å²) in [5.74, 6) is 2.45. The van der Waals surface area contributed by atoms with Gasteiger partial charge in [-0.1, -0.05) is 0 Å². The molecule has 1 N–H and O–H groups in total. The molecular formula is C15H24N2OS2. The first kappa shape index (κ1) is 14.8. The Balaban J connectivity index is 1.82. The van der Waals surface area contributed by atoms with E-state index in [4.69, 9.17) is 9.72 Å². The van der Waals surface area contributed by atoms with E-state index in [0.717, 1.165) is 18.9 Å². The Kier molecular flexibility index (Phi) is 5.02. The summed E-state index contributed by atoms with van der Waals surface area (Å²) in [5.41, 5.74) is 1.49. The third-order valence-electron chi connectivity index (χ3n) is 4.27. The highest BCUT2D eigenvalue weighted by Crippen LogP contribution is 2.39. The van der Waals surface area contributed by atoms with Crippen molar-refractivity contribution >= 4 is 23.1 Å². The van der Waals surface area contributed by atoms with Gasteiger partial charge in [0.2, 0.25) is 0 Å². The fourth-order valence-electron chi connectivity index (χ4n) is 3.13. The maximum absolute atomic E-state index is 5.21. The zero-order valence-corrected chi connectivity index (χ0v) is 13.9. The van der Waals surface area contributed by atoms with Gasteiger partial charge in [-0.3, -0.25) is 0 Å². The van der Waals surface area contributed by atoms with E-state index < -0.39 is 0 Å². The van der Waals surface area contributed by atoms with Crippen molar-refractivity contribution in [1.82, 2.24) is 10.3 Å². The molecule has 0 spiro atoms. The van der Waals surface area contributed by atoms with Crippen LogP contribution in [0.4, 0.5) is 0 Å². The summed E-state index contributed by atoms with van der Waals surface area (Å²) < 4.78 is 5.21. The second-order valence-corrected chi connectivity index (χ2v) is 7.94. The highest BCUT2D eigenvalue weighted by molar-refractivity contribution is 7.99. The molecule has 0 amide bonds. The molecule has 5 heteroatoms. The molecule has 1 aliphatic heterocycles. The van der Waals surface area contributed by atoms with E-state index in [1.165, 1.54) is 55.0 Å². The van der Waals surface area contributed by atoms with Gasteiger partial charge in [0.05, 0.1) is 17.8 Å². The topological polar surface area (TPSA) is 34.1 Å². The van der Waals surface area contributed by atoms with Crippen LogP contribution in [0, 0.1) is 0 Å². The summed E-state index contributed by atoms with van der Waals surface area (Å²) in [6.45, 7) is 1.69. The monoisotopic (exact) mass is 312 g/mol. The van der Waals surface area contributed by atoms with Gasteiger partial charge in [-0.2, -0.15) is 11.8 Å². The van der Waals surface area contributed by atoms with E-state index in [2.05, 4.69) is 17.1 Å². The Morgan fingerprint density at radius 3 is 2.95 bits per heavy atom. The van der Waals surface area contributed by atoms with Gasteiger partial charge in [-0.05, 0) is 44.3 Å². The van der Waals surface area contributed by atoms with Crippen molar-refractivity contribution in [3.8, 4) is 0 Å². The van der Waals surface area contributed by atoms with Crippen LogP contribution in [0.3, 0.4) is 0 Å². The Labute approximate surface area is 129 Å². The number of methoxy groups -OCH3 is 1. The molecule has 20 heavy (non-hydrogen) atoms. The molecule has 1 saturated heterocycles. The van der Waals surface area contributed by atoms with Crippen molar-refractivity contribution in [3.63, 3.8) is 0 Å². The summed E-state index contributed by atoms with van der Waals surface area (Å²) in [4.78, 5) is 6.58. The summed E-state index contributed by atoms with van der Waals surface area (Å²) in [5, 5.41) is 5.10. The molecule has 1 unspecified atom stereocenters. The number of hydrogen-bond acceptors (Lipinski definition) is 5. The SMILES string of the molecule is COCCNC1(c2nc3c(s2)CCCC3)CCCSC1. The van der Waals surface area contributed by atoms with Gasteiger partial charge in [-0.25, -0.2) is 4.98 Å². The van der Waals surface area contributed by atoms with Crippen molar-refractivity contribution in [1.29, 1.82) is 0 Å². The molecule has 0 bridgehead atoms. The molecule has 112 valence electrons. The standard InChI is InChI=1S/C15H24N2OS2/c1-18-9-8-16-15(7-4-10-19-11-15)14-17-12-5-2-3-6-13(12)20-14/h16H,2-11H2,1H3. The van der Waals surface area contributed by atoms with Crippen LogP contribution in [0.25, 0.3) is 0 Å². The van der Waals surface area contributed by atoms with E-state index in [0.29, 0.717) is 0 Å². The van der Waals surface area contributed by atoms with Crippen molar-refractivity contribution in [3.05, 3.63) is 15.6 Å². The van der Waals surface area contributed by atoms with Crippen LogP contribution in [0.5, 0.6) is 0 Å². The maximum atomic E-state index is 5.21. The smallest absolute Gasteiger partial charge is 0.114 e. The van der Waals surface area contributed by atoms with Crippen molar-refractivity contribution in [2.45, 2.75) is 44.1 Å². The Hall–Kier alpha value is -0.100. The highest BCUT2D eigenvalue weighted by Gasteiger charge is 2.37. The molecule has 0 aromatic carbocycles. The zero-order valence-electron chi connectivity index (χ0n) is 12.2. The second kappa shape index (κ2) is 6.77. The largest absolute Gasteiger partial charge is 0.383 e. The molecule has 3 rings (SSSR count).